The fraction of sp³-hybridized carbons (Fsp3) is 0.0952. The summed E-state index contributed by atoms with van der Waals surface area (Å²) in [4.78, 5) is 21.0. The van der Waals surface area contributed by atoms with Crippen LogP contribution in [0.2, 0.25) is 0 Å². The normalized spacial score (nSPS) is 10.9. The van der Waals surface area contributed by atoms with Crippen molar-refractivity contribution >= 4 is 32.9 Å². The summed E-state index contributed by atoms with van der Waals surface area (Å²) in [5.74, 6) is 0.678. The van der Waals surface area contributed by atoms with Crippen LogP contribution in [0, 0.1) is 0 Å². The molecule has 6 heteroatoms. The Bertz CT molecular complexity index is 1090. The number of fused-ring (bicyclic) bond motifs is 1. The Hall–Kier alpha value is -2.99. The number of amides is 1. The summed E-state index contributed by atoms with van der Waals surface area (Å²) in [6.45, 7) is 1.03. The minimum atomic E-state index is -0.140. The van der Waals surface area contributed by atoms with Crippen molar-refractivity contribution in [3.05, 3.63) is 94.5 Å². The molecule has 134 valence electrons. The molecule has 0 aliphatic rings. The van der Waals surface area contributed by atoms with Gasteiger partial charge in [0.2, 0.25) is 0 Å². The molecule has 1 amide bonds. The Balaban J connectivity index is 1.63. The van der Waals surface area contributed by atoms with Crippen LogP contribution in [0.1, 0.15) is 21.7 Å². The molecule has 0 radical (unpaired) electrons. The number of hydrogen-bond donors (Lipinski definition) is 1. The summed E-state index contributed by atoms with van der Waals surface area (Å²) >= 11 is 3.52. The van der Waals surface area contributed by atoms with Gasteiger partial charge in [-0.05, 0) is 42.0 Å². The second kappa shape index (κ2) is 7.72. The lowest BCUT2D eigenvalue weighted by Gasteiger charge is -2.11. The van der Waals surface area contributed by atoms with Gasteiger partial charge in [-0.15, -0.1) is 0 Å². The molecule has 0 aliphatic heterocycles. The van der Waals surface area contributed by atoms with Crippen molar-refractivity contribution in [3.8, 4) is 0 Å². The van der Waals surface area contributed by atoms with Gasteiger partial charge in [0.1, 0.15) is 5.82 Å². The third-order valence-electron chi connectivity index (χ3n) is 4.31. The number of benzene rings is 2. The van der Waals surface area contributed by atoms with Gasteiger partial charge >= 0.3 is 0 Å². The van der Waals surface area contributed by atoms with Crippen LogP contribution >= 0.6 is 15.9 Å². The molecule has 2 aromatic carbocycles. The Morgan fingerprint density at radius 2 is 1.85 bits per heavy atom. The van der Waals surface area contributed by atoms with E-state index in [4.69, 9.17) is 4.98 Å². The summed E-state index contributed by atoms with van der Waals surface area (Å²) < 4.78 is 3.18. The van der Waals surface area contributed by atoms with Crippen LogP contribution in [-0.2, 0) is 13.1 Å². The topological polar surface area (TPSA) is 59.8 Å². The zero-order valence-electron chi connectivity index (χ0n) is 14.5. The first-order valence-corrected chi connectivity index (χ1v) is 9.37. The molecule has 0 saturated carbocycles. The molecule has 2 aromatic heterocycles. The van der Waals surface area contributed by atoms with Gasteiger partial charge in [0, 0.05) is 29.0 Å². The second-order valence-corrected chi connectivity index (χ2v) is 7.07. The number of pyridine rings is 1. The predicted octanol–water partition coefficient (Wildman–Crippen LogP) is 4.17. The molecule has 0 aliphatic carbocycles. The van der Waals surface area contributed by atoms with E-state index in [-0.39, 0.29) is 5.91 Å². The summed E-state index contributed by atoms with van der Waals surface area (Å²) in [6.07, 6.45) is 3.22. The highest BCUT2D eigenvalue weighted by molar-refractivity contribution is 9.10. The standard InChI is InChI=1S/C21H17BrN4O/c22-17-5-3-4-15(12-17)14-26-19-7-2-1-6-18(19)25-20(26)13-24-21(27)16-8-10-23-11-9-16/h1-12H,13-14H2,(H,24,27). The van der Waals surface area contributed by atoms with Crippen molar-refractivity contribution in [2.45, 2.75) is 13.1 Å². The van der Waals surface area contributed by atoms with Gasteiger partial charge < -0.3 is 9.88 Å². The number of imidazole rings is 1. The van der Waals surface area contributed by atoms with E-state index in [0.29, 0.717) is 18.7 Å². The maximum Gasteiger partial charge on any atom is 0.251 e. The summed E-state index contributed by atoms with van der Waals surface area (Å²) in [5.41, 5.74) is 3.71. The molecule has 1 N–H and O–H groups in total. The molecular formula is C21H17BrN4O. The lowest BCUT2D eigenvalue weighted by Crippen LogP contribution is -2.24. The predicted molar refractivity (Wildman–Crippen MR) is 108 cm³/mol. The van der Waals surface area contributed by atoms with E-state index in [0.717, 1.165) is 26.9 Å². The van der Waals surface area contributed by atoms with Crippen LogP contribution in [0.5, 0.6) is 0 Å². The Kier molecular flexibility index (Phi) is 4.98. The summed E-state index contributed by atoms with van der Waals surface area (Å²) in [5, 5.41) is 2.95. The lowest BCUT2D eigenvalue weighted by atomic mass is 10.2. The van der Waals surface area contributed by atoms with Crippen LogP contribution in [-0.4, -0.2) is 20.4 Å². The minimum Gasteiger partial charge on any atom is -0.345 e. The zero-order valence-corrected chi connectivity index (χ0v) is 16.1. The Morgan fingerprint density at radius 3 is 2.67 bits per heavy atom. The molecule has 2 heterocycles. The highest BCUT2D eigenvalue weighted by Gasteiger charge is 2.13. The molecule has 0 spiro atoms. The van der Waals surface area contributed by atoms with Crippen molar-refractivity contribution in [1.29, 1.82) is 0 Å². The quantitative estimate of drug-likeness (QED) is 0.526. The molecular weight excluding hydrogens is 404 g/mol. The van der Waals surface area contributed by atoms with Crippen molar-refractivity contribution in [1.82, 2.24) is 19.9 Å². The van der Waals surface area contributed by atoms with Crippen LogP contribution in [0.25, 0.3) is 11.0 Å². The first-order chi connectivity index (χ1) is 13.2. The van der Waals surface area contributed by atoms with Crippen molar-refractivity contribution < 1.29 is 4.79 Å². The average Bonchev–Trinajstić information content (AvgIpc) is 3.04. The smallest absolute Gasteiger partial charge is 0.251 e. The number of hydrogen-bond acceptors (Lipinski definition) is 3. The van der Waals surface area contributed by atoms with Crippen LogP contribution in [0.15, 0.2) is 77.5 Å². The first kappa shape index (κ1) is 17.4. The molecule has 27 heavy (non-hydrogen) atoms. The van der Waals surface area contributed by atoms with Crippen molar-refractivity contribution in [2.24, 2.45) is 0 Å². The molecule has 4 rings (SSSR count). The number of nitrogens with zero attached hydrogens (tertiary/aromatic N) is 3. The van der Waals surface area contributed by atoms with Gasteiger partial charge in [0.05, 0.1) is 17.6 Å². The number of nitrogens with one attached hydrogen (secondary N) is 1. The van der Waals surface area contributed by atoms with Gasteiger partial charge in [-0.2, -0.15) is 0 Å². The number of aromatic nitrogens is 3. The number of para-hydroxylation sites is 2. The maximum absolute atomic E-state index is 12.4. The third kappa shape index (κ3) is 3.90. The zero-order chi connectivity index (χ0) is 18.6. The number of carbonyl (C=O) groups excluding carboxylic acids is 1. The number of rotatable bonds is 5. The third-order valence-corrected chi connectivity index (χ3v) is 4.81. The van der Waals surface area contributed by atoms with Crippen LogP contribution < -0.4 is 5.32 Å². The second-order valence-electron chi connectivity index (χ2n) is 6.15. The maximum atomic E-state index is 12.4. The van der Waals surface area contributed by atoms with E-state index in [1.165, 1.54) is 0 Å². The largest absolute Gasteiger partial charge is 0.345 e. The van der Waals surface area contributed by atoms with Gasteiger partial charge in [-0.1, -0.05) is 40.2 Å². The van der Waals surface area contributed by atoms with E-state index in [9.17, 15) is 4.79 Å². The molecule has 0 bridgehead atoms. The Morgan fingerprint density at radius 1 is 1.04 bits per heavy atom. The molecule has 0 saturated heterocycles. The SMILES string of the molecule is O=C(NCc1nc2ccccc2n1Cc1cccc(Br)c1)c1ccncc1. The lowest BCUT2D eigenvalue weighted by molar-refractivity contribution is 0.0949. The van der Waals surface area contributed by atoms with Gasteiger partial charge in [0.25, 0.3) is 5.91 Å². The van der Waals surface area contributed by atoms with Gasteiger partial charge in [0.15, 0.2) is 0 Å². The minimum absolute atomic E-state index is 0.140. The average molecular weight is 421 g/mol. The highest BCUT2D eigenvalue weighted by Crippen LogP contribution is 2.20. The van der Waals surface area contributed by atoms with E-state index in [1.807, 2.05) is 30.3 Å². The Labute approximate surface area is 165 Å². The van der Waals surface area contributed by atoms with Crippen molar-refractivity contribution in [2.75, 3.05) is 0 Å². The first-order valence-electron chi connectivity index (χ1n) is 8.57. The summed E-state index contributed by atoms with van der Waals surface area (Å²) in [7, 11) is 0. The molecule has 0 fully saturated rings. The monoisotopic (exact) mass is 420 g/mol. The van der Waals surface area contributed by atoms with Crippen LogP contribution in [0.3, 0.4) is 0 Å². The number of halogens is 1. The van der Waals surface area contributed by atoms with E-state index >= 15 is 0 Å². The van der Waals surface area contributed by atoms with E-state index in [2.05, 4.69) is 49.0 Å². The fourth-order valence-corrected chi connectivity index (χ4v) is 3.47. The van der Waals surface area contributed by atoms with E-state index in [1.54, 1.807) is 24.5 Å². The van der Waals surface area contributed by atoms with E-state index < -0.39 is 0 Å². The van der Waals surface area contributed by atoms with Gasteiger partial charge in [-0.25, -0.2) is 4.98 Å². The molecule has 0 atom stereocenters. The van der Waals surface area contributed by atoms with Gasteiger partial charge in [-0.3, -0.25) is 9.78 Å². The van der Waals surface area contributed by atoms with Crippen LogP contribution in [0.4, 0.5) is 0 Å². The fourth-order valence-electron chi connectivity index (χ4n) is 3.02. The number of carbonyl (C=O) groups is 1. The summed E-state index contributed by atoms with van der Waals surface area (Å²) in [6, 6.07) is 19.6. The molecule has 4 aromatic rings. The van der Waals surface area contributed by atoms with Crippen molar-refractivity contribution in [3.63, 3.8) is 0 Å². The molecule has 0 unspecified atom stereocenters. The highest BCUT2D eigenvalue weighted by atomic mass is 79.9. The molecule has 5 nitrogen and oxygen atoms in total.